The van der Waals surface area contributed by atoms with Crippen molar-refractivity contribution in [2.45, 2.75) is 12.8 Å². The van der Waals surface area contributed by atoms with Crippen LogP contribution in [0.15, 0.2) is 0 Å². The highest BCUT2D eigenvalue weighted by Crippen LogP contribution is 2.10. The van der Waals surface area contributed by atoms with Crippen molar-refractivity contribution in [2.24, 2.45) is 0 Å². The van der Waals surface area contributed by atoms with Crippen molar-refractivity contribution in [3.05, 3.63) is 0 Å². The first-order chi connectivity index (χ1) is 4.50. The van der Waals surface area contributed by atoms with Crippen LogP contribution in [-0.4, -0.2) is 23.3 Å². The summed E-state index contributed by atoms with van der Waals surface area (Å²) in [7, 11) is 0. The zero-order valence-electron chi connectivity index (χ0n) is 5.56. The molecule has 1 fully saturated rings. The molecule has 0 amide bonds. The molecule has 1 rings (SSSR count). The largest absolute Gasteiger partial charge is 0.299 e. The van der Waals surface area contributed by atoms with Gasteiger partial charge in [-0.05, 0) is 24.3 Å². The van der Waals surface area contributed by atoms with Gasteiger partial charge in [-0.2, -0.15) is 0 Å². The molecule has 0 unspecified atom stereocenters. The fourth-order valence-corrected chi connectivity index (χ4v) is 2.47. The van der Waals surface area contributed by atoms with E-state index in [0.29, 0.717) is 0 Å². The Balaban J connectivity index is 2.02. The molecule has 0 radical (unpaired) electrons. The predicted molar refractivity (Wildman–Crippen MR) is 47.0 cm³/mol. The van der Waals surface area contributed by atoms with Gasteiger partial charge in [0.15, 0.2) is 0 Å². The van der Waals surface area contributed by atoms with Crippen molar-refractivity contribution in [3.8, 4) is 0 Å². The molecule has 3 heteroatoms. The standard InChI is InChI=1S/C6H13NS2/c1-2-4-9-6-7-5-8-3-1/h7H,1-6H2. The highest BCUT2D eigenvalue weighted by atomic mass is 32.2. The summed E-state index contributed by atoms with van der Waals surface area (Å²) < 4.78 is 0. The number of nitrogens with one attached hydrogen (secondary N) is 1. The maximum Gasteiger partial charge on any atom is 0.0424 e. The molecule has 0 aliphatic carbocycles. The molecule has 9 heavy (non-hydrogen) atoms. The van der Waals surface area contributed by atoms with Gasteiger partial charge in [0.05, 0.1) is 0 Å². The van der Waals surface area contributed by atoms with E-state index < -0.39 is 0 Å². The Labute approximate surface area is 65.4 Å². The first kappa shape index (κ1) is 7.76. The molecule has 1 nitrogen and oxygen atoms in total. The molecule has 1 N–H and O–H groups in total. The third-order valence-corrected chi connectivity index (χ3v) is 3.21. The second-order valence-corrected chi connectivity index (χ2v) is 4.27. The molecule has 1 aliphatic heterocycles. The number of thioether (sulfide) groups is 2. The Kier molecular flexibility index (Phi) is 4.70. The second-order valence-electron chi connectivity index (χ2n) is 2.06. The van der Waals surface area contributed by atoms with Gasteiger partial charge in [-0.3, -0.25) is 5.32 Å². The van der Waals surface area contributed by atoms with Crippen LogP contribution in [0.1, 0.15) is 12.8 Å². The quantitative estimate of drug-likeness (QED) is 0.584. The van der Waals surface area contributed by atoms with Gasteiger partial charge in [-0.1, -0.05) is 0 Å². The van der Waals surface area contributed by atoms with Gasteiger partial charge in [0.1, 0.15) is 0 Å². The fourth-order valence-electron chi connectivity index (χ4n) is 0.739. The van der Waals surface area contributed by atoms with E-state index in [1.807, 2.05) is 23.5 Å². The van der Waals surface area contributed by atoms with Crippen LogP contribution < -0.4 is 5.32 Å². The average Bonchev–Trinajstić information content (AvgIpc) is 2.00. The molecule has 0 spiro atoms. The lowest BCUT2D eigenvalue weighted by molar-refractivity contribution is 0.909. The summed E-state index contributed by atoms with van der Waals surface area (Å²) in [5.74, 6) is 4.97. The zero-order chi connectivity index (χ0) is 6.36. The van der Waals surface area contributed by atoms with E-state index in [1.165, 1.54) is 24.3 Å². The Bertz CT molecular complexity index is 39.5. The van der Waals surface area contributed by atoms with E-state index in [9.17, 15) is 0 Å². The maximum absolute atomic E-state index is 3.35. The van der Waals surface area contributed by atoms with Gasteiger partial charge < -0.3 is 0 Å². The molecule has 54 valence electrons. The SMILES string of the molecule is C1CCSCNCSC1. The minimum absolute atomic E-state index is 1.15. The summed E-state index contributed by atoms with van der Waals surface area (Å²) in [6, 6.07) is 0. The van der Waals surface area contributed by atoms with E-state index in [2.05, 4.69) is 5.32 Å². The van der Waals surface area contributed by atoms with Crippen molar-refractivity contribution in [3.63, 3.8) is 0 Å². The monoisotopic (exact) mass is 163 g/mol. The van der Waals surface area contributed by atoms with E-state index in [4.69, 9.17) is 0 Å². The summed E-state index contributed by atoms with van der Waals surface area (Å²) in [6.07, 6.45) is 2.80. The first-order valence-electron chi connectivity index (χ1n) is 3.36. The molecule has 0 saturated carbocycles. The number of rotatable bonds is 0. The summed E-state index contributed by atoms with van der Waals surface area (Å²) >= 11 is 4.04. The molecular formula is C6H13NS2. The lowest BCUT2D eigenvalue weighted by atomic mass is 10.4. The minimum Gasteiger partial charge on any atom is -0.299 e. The summed E-state index contributed by atoms with van der Waals surface area (Å²) in [5.41, 5.74) is 0. The van der Waals surface area contributed by atoms with E-state index in [-0.39, 0.29) is 0 Å². The molecule has 0 aromatic carbocycles. The van der Waals surface area contributed by atoms with E-state index in [1.54, 1.807) is 0 Å². The topological polar surface area (TPSA) is 12.0 Å². The first-order valence-corrected chi connectivity index (χ1v) is 5.67. The van der Waals surface area contributed by atoms with Crippen LogP contribution in [0, 0.1) is 0 Å². The smallest absolute Gasteiger partial charge is 0.0424 e. The van der Waals surface area contributed by atoms with Gasteiger partial charge in [0.25, 0.3) is 0 Å². The second kappa shape index (κ2) is 5.45. The molecule has 0 aromatic rings. The van der Waals surface area contributed by atoms with Crippen LogP contribution in [0.2, 0.25) is 0 Å². The zero-order valence-corrected chi connectivity index (χ0v) is 7.19. The van der Waals surface area contributed by atoms with Crippen LogP contribution in [0.4, 0.5) is 0 Å². The van der Waals surface area contributed by atoms with Gasteiger partial charge in [0, 0.05) is 11.8 Å². The minimum atomic E-state index is 1.15. The average molecular weight is 163 g/mol. The molecule has 1 heterocycles. The third-order valence-electron chi connectivity index (χ3n) is 1.24. The Morgan fingerprint density at radius 3 is 2.00 bits per heavy atom. The molecular weight excluding hydrogens is 150 g/mol. The van der Waals surface area contributed by atoms with Crippen LogP contribution >= 0.6 is 23.5 Å². The van der Waals surface area contributed by atoms with Crippen LogP contribution in [-0.2, 0) is 0 Å². The number of hydrogen-bond donors (Lipinski definition) is 1. The third kappa shape index (κ3) is 4.12. The van der Waals surface area contributed by atoms with E-state index >= 15 is 0 Å². The van der Waals surface area contributed by atoms with Crippen LogP contribution in [0.3, 0.4) is 0 Å². The molecule has 1 aliphatic rings. The highest BCUT2D eigenvalue weighted by Gasteiger charge is 1.94. The lowest BCUT2D eigenvalue weighted by Crippen LogP contribution is -2.11. The molecule has 0 aromatic heterocycles. The van der Waals surface area contributed by atoms with Crippen molar-refractivity contribution in [1.82, 2.24) is 5.32 Å². The van der Waals surface area contributed by atoms with E-state index in [0.717, 1.165) is 11.8 Å². The maximum atomic E-state index is 3.35. The van der Waals surface area contributed by atoms with Crippen LogP contribution in [0.25, 0.3) is 0 Å². The van der Waals surface area contributed by atoms with Crippen molar-refractivity contribution < 1.29 is 0 Å². The van der Waals surface area contributed by atoms with Crippen molar-refractivity contribution in [1.29, 1.82) is 0 Å². The lowest BCUT2D eigenvalue weighted by Gasteiger charge is -1.97. The number of hydrogen-bond acceptors (Lipinski definition) is 3. The summed E-state index contributed by atoms with van der Waals surface area (Å²) in [4.78, 5) is 0. The van der Waals surface area contributed by atoms with Gasteiger partial charge in [-0.15, -0.1) is 23.5 Å². The highest BCUT2D eigenvalue weighted by molar-refractivity contribution is 8.00. The normalized spacial score (nSPS) is 24.0. The molecule has 0 atom stereocenters. The van der Waals surface area contributed by atoms with Gasteiger partial charge >= 0.3 is 0 Å². The summed E-state index contributed by atoms with van der Waals surface area (Å²) in [5, 5.41) is 3.35. The van der Waals surface area contributed by atoms with Crippen molar-refractivity contribution in [2.75, 3.05) is 23.3 Å². The van der Waals surface area contributed by atoms with Crippen LogP contribution in [0.5, 0.6) is 0 Å². The molecule has 0 bridgehead atoms. The predicted octanol–water partition coefficient (Wildman–Crippen LogP) is 1.75. The Morgan fingerprint density at radius 1 is 0.889 bits per heavy atom. The van der Waals surface area contributed by atoms with Gasteiger partial charge in [-0.25, -0.2) is 0 Å². The van der Waals surface area contributed by atoms with Crippen molar-refractivity contribution >= 4 is 23.5 Å². The Morgan fingerprint density at radius 2 is 1.44 bits per heavy atom. The Hall–Kier alpha value is 0.660. The summed E-state index contributed by atoms with van der Waals surface area (Å²) in [6.45, 7) is 0. The van der Waals surface area contributed by atoms with Gasteiger partial charge in [0.2, 0.25) is 0 Å². The fraction of sp³-hybridized carbons (Fsp3) is 1.00. The molecule has 1 saturated heterocycles.